The molecule has 0 aromatic heterocycles. The molecule has 2 rings (SSSR count). The van der Waals surface area contributed by atoms with E-state index in [4.69, 9.17) is 39.5 Å². The zero-order chi connectivity index (χ0) is 24.9. The maximum Gasteiger partial charge on any atom is 0.244 e. The summed E-state index contributed by atoms with van der Waals surface area (Å²) in [5, 5.41) is 2.72. The Morgan fingerprint density at radius 1 is 1.06 bits per heavy atom. The van der Waals surface area contributed by atoms with E-state index in [0.29, 0.717) is 5.75 Å². The number of benzene rings is 2. The van der Waals surface area contributed by atoms with Crippen molar-refractivity contribution in [3.8, 4) is 5.75 Å². The third kappa shape index (κ3) is 6.89. The van der Waals surface area contributed by atoms with Crippen molar-refractivity contribution in [3.63, 3.8) is 0 Å². The molecular weight excluding hydrogens is 513 g/mol. The summed E-state index contributed by atoms with van der Waals surface area (Å²) in [5.74, 6) is -0.390. The average Bonchev–Trinajstić information content (AvgIpc) is 2.77. The van der Waals surface area contributed by atoms with Gasteiger partial charge in [-0.05, 0) is 36.8 Å². The molecule has 0 aliphatic heterocycles. The highest BCUT2D eigenvalue weighted by Gasteiger charge is 2.30. The average molecular weight is 537 g/mol. The van der Waals surface area contributed by atoms with Crippen LogP contribution in [0.3, 0.4) is 0 Å². The highest BCUT2D eigenvalue weighted by molar-refractivity contribution is 7.92. The second-order valence-corrected chi connectivity index (χ2v) is 10.3. The summed E-state index contributed by atoms with van der Waals surface area (Å²) < 4.78 is 31.1. The maximum absolute atomic E-state index is 13.3. The first-order chi connectivity index (χ1) is 15.4. The van der Waals surface area contributed by atoms with Gasteiger partial charge in [0.2, 0.25) is 21.8 Å². The second kappa shape index (κ2) is 11.3. The number of sulfonamides is 1. The molecule has 1 N–H and O–H groups in total. The molecule has 12 heteroatoms. The monoisotopic (exact) mass is 535 g/mol. The van der Waals surface area contributed by atoms with E-state index in [9.17, 15) is 18.0 Å². The number of rotatable bonds is 9. The van der Waals surface area contributed by atoms with E-state index in [2.05, 4.69) is 5.32 Å². The molecule has 0 aliphatic carbocycles. The van der Waals surface area contributed by atoms with Gasteiger partial charge < -0.3 is 15.0 Å². The van der Waals surface area contributed by atoms with E-state index in [1.54, 1.807) is 31.2 Å². The Morgan fingerprint density at radius 2 is 1.64 bits per heavy atom. The highest BCUT2D eigenvalue weighted by atomic mass is 35.5. The third-order valence-corrected chi connectivity index (χ3v) is 7.01. The standard InChI is InChI=1S/C21H24Cl3N3O5S/c1-13(21(29)25-2)26(11-14-5-7-15(32-3)8-6-14)20(28)12-27(33(4,30)31)19-10-17(23)16(22)9-18(19)24/h5-10,13H,11-12H2,1-4H3,(H,25,29)/t13-/m0/s1. The Bertz CT molecular complexity index is 1130. The Labute approximate surface area is 208 Å². The third-order valence-electron chi connectivity index (χ3n) is 4.86. The number of hydrogen-bond donors (Lipinski definition) is 1. The van der Waals surface area contributed by atoms with Crippen LogP contribution in [0.4, 0.5) is 5.69 Å². The predicted octanol–water partition coefficient (Wildman–Crippen LogP) is 3.58. The van der Waals surface area contributed by atoms with Gasteiger partial charge in [0, 0.05) is 13.6 Å². The van der Waals surface area contributed by atoms with Crippen molar-refractivity contribution in [3.05, 3.63) is 57.0 Å². The van der Waals surface area contributed by atoms with Crippen molar-refractivity contribution >= 4 is 62.3 Å². The molecule has 0 heterocycles. The largest absolute Gasteiger partial charge is 0.497 e. The number of hydrogen-bond acceptors (Lipinski definition) is 5. The molecule has 2 aromatic carbocycles. The molecule has 2 aromatic rings. The van der Waals surface area contributed by atoms with E-state index in [-0.39, 0.29) is 27.3 Å². The SMILES string of the molecule is CNC(=O)[C@H](C)N(Cc1ccc(OC)cc1)C(=O)CN(c1cc(Cl)c(Cl)cc1Cl)S(C)(=O)=O. The number of nitrogens with one attached hydrogen (secondary N) is 1. The van der Waals surface area contributed by atoms with Crippen molar-refractivity contribution in [1.82, 2.24) is 10.2 Å². The number of likely N-dealkylation sites (N-methyl/N-ethyl adjacent to an activating group) is 1. The predicted molar refractivity (Wildman–Crippen MR) is 131 cm³/mol. The van der Waals surface area contributed by atoms with Gasteiger partial charge in [0.05, 0.1) is 34.1 Å². The van der Waals surface area contributed by atoms with Gasteiger partial charge >= 0.3 is 0 Å². The molecule has 0 aliphatic rings. The molecule has 0 saturated heterocycles. The number of nitrogens with zero attached hydrogens (tertiary/aromatic N) is 2. The summed E-state index contributed by atoms with van der Waals surface area (Å²) in [6, 6.07) is 8.64. The van der Waals surface area contributed by atoms with Gasteiger partial charge in [-0.3, -0.25) is 13.9 Å². The summed E-state index contributed by atoms with van der Waals surface area (Å²) in [7, 11) is -0.964. The molecule has 33 heavy (non-hydrogen) atoms. The summed E-state index contributed by atoms with van der Waals surface area (Å²) >= 11 is 18.2. The zero-order valence-corrected chi connectivity index (χ0v) is 21.5. The number of amides is 2. The number of ether oxygens (including phenoxy) is 1. The highest BCUT2D eigenvalue weighted by Crippen LogP contribution is 2.35. The van der Waals surface area contributed by atoms with Gasteiger partial charge in [-0.15, -0.1) is 0 Å². The number of anilines is 1. The van der Waals surface area contributed by atoms with E-state index < -0.39 is 34.4 Å². The van der Waals surface area contributed by atoms with Crippen LogP contribution >= 0.6 is 34.8 Å². The minimum atomic E-state index is -3.95. The summed E-state index contributed by atoms with van der Waals surface area (Å²) in [5.41, 5.74) is 0.720. The van der Waals surface area contributed by atoms with E-state index in [1.165, 1.54) is 31.2 Å². The lowest BCUT2D eigenvalue weighted by Crippen LogP contribution is -2.50. The minimum Gasteiger partial charge on any atom is -0.497 e. The molecule has 0 bridgehead atoms. The van der Waals surface area contributed by atoms with Gasteiger partial charge in [-0.2, -0.15) is 0 Å². The first-order valence-corrected chi connectivity index (χ1v) is 12.6. The molecule has 0 saturated carbocycles. The number of methoxy groups -OCH3 is 1. The quantitative estimate of drug-likeness (QED) is 0.494. The van der Waals surface area contributed by atoms with E-state index in [0.717, 1.165) is 16.1 Å². The molecule has 2 amide bonds. The molecule has 8 nitrogen and oxygen atoms in total. The van der Waals surface area contributed by atoms with E-state index >= 15 is 0 Å². The second-order valence-electron chi connectivity index (χ2n) is 7.15. The topological polar surface area (TPSA) is 96.0 Å². The fraction of sp³-hybridized carbons (Fsp3) is 0.333. The van der Waals surface area contributed by atoms with Gasteiger partial charge in [-0.25, -0.2) is 8.42 Å². The van der Waals surface area contributed by atoms with Crippen LogP contribution in [0.15, 0.2) is 36.4 Å². The van der Waals surface area contributed by atoms with Crippen LogP contribution in [-0.4, -0.2) is 58.1 Å². The smallest absolute Gasteiger partial charge is 0.244 e. The Balaban J connectivity index is 2.43. The van der Waals surface area contributed by atoms with Crippen molar-refractivity contribution < 1.29 is 22.7 Å². The lowest BCUT2D eigenvalue weighted by Gasteiger charge is -2.31. The van der Waals surface area contributed by atoms with Crippen molar-refractivity contribution in [2.75, 3.05) is 31.3 Å². The fourth-order valence-electron chi connectivity index (χ4n) is 3.02. The molecule has 0 unspecified atom stereocenters. The lowest BCUT2D eigenvalue weighted by atomic mass is 10.1. The van der Waals surface area contributed by atoms with Crippen LogP contribution < -0.4 is 14.4 Å². The van der Waals surface area contributed by atoms with Crippen molar-refractivity contribution in [2.24, 2.45) is 0 Å². The van der Waals surface area contributed by atoms with E-state index in [1.807, 2.05) is 0 Å². The maximum atomic E-state index is 13.3. The van der Waals surface area contributed by atoms with Crippen molar-refractivity contribution in [1.29, 1.82) is 0 Å². The summed E-state index contributed by atoms with van der Waals surface area (Å²) in [6.07, 6.45) is 0.940. The van der Waals surface area contributed by atoms with Crippen molar-refractivity contribution in [2.45, 2.75) is 19.5 Å². The number of carbonyl (C=O) groups is 2. The normalized spacial score (nSPS) is 12.1. The lowest BCUT2D eigenvalue weighted by molar-refractivity contribution is -0.139. The van der Waals surface area contributed by atoms with Crippen LogP contribution in [0.5, 0.6) is 5.75 Å². The Kier molecular flexibility index (Phi) is 9.25. The molecule has 0 radical (unpaired) electrons. The van der Waals surface area contributed by atoms with Crippen LogP contribution in [0.2, 0.25) is 15.1 Å². The van der Waals surface area contributed by atoms with Crippen LogP contribution in [0.1, 0.15) is 12.5 Å². The summed E-state index contributed by atoms with van der Waals surface area (Å²) in [4.78, 5) is 26.9. The Morgan fingerprint density at radius 3 is 2.15 bits per heavy atom. The van der Waals surface area contributed by atoms with Crippen LogP contribution in [-0.2, 0) is 26.2 Å². The molecule has 0 spiro atoms. The molecular formula is C21H24Cl3N3O5S. The molecule has 180 valence electrons. The summed E-state index contributed by atoms with van der Waals surface area (Å²) in [6.45, 7) is 1.01. The van der Waals surface area contributed by atoms with Gasteiger partial charge in [0.1, 0.15) is 18.3 Å². The molecule has 0 fully saturated rings. The fourth-order valence-corrected chi connectivity index (χ4v) is 4.56. The Hall–Kier alpha value is -2.20. The van der Waals surface area contributed by atoms with Gasteiger partial charge in [-0.1, -0.05) is 46.9 Å². The van der Waals surface area contributed by atoms with Crippen LogP contribution in [0.25, 0.3) is 0 Å². The van der Waals surface area contributed by atoms with Gasteiger partial charge in [0.25, 0.3) is 0 Å². The molecule has 1 atom stereocenters. The number of halogens is 3. The zero-order valence-electron chi connectivity index (χ0n) is 18.4. The number of carbonyl (C=O) groups excluding carboxylic acids is 2. The minimum absolute atomic E-state index is 0.00101. The van der Waals surface area contributed by atoms with Crippen LogP contribution in [0, 0.1) is 0 Å². The first-order valence-electron chi connectivity index (χ1n) is 9.65. The van der Waals surface area contributed by atoms with Gasteiger partial charge in [0.15, 0.2) is 0 Å². The first kappa shape index (κ1) is 27.0.